The molecule has 6 nitrogen and oxygen atoms in total. The first-order chi connectivity index (χ1) is 17.0. The van der Waals surface area contributed by atoms with Crippen LogP contribution in [-0.2, 0) is 16.0 Å². The summed E-state index contributed by atoms with van der Waals surface area (Å²) in [6.07, 6.45) is 2.18. The maximum Gasteiger partial charge on any atom is 0.410 e. The number of carbonyl (C=O) groups excluding carboxylic acids is 1. The Labute approximate surface area is 206 Å². The molecule has 0 saturated heterocycles. The van der Waals surface area contributed by atoms with Crippen molar-refractivity contribution in [2.45, 2.75) is 44.6 Å². The molecule has 0 radical (unpaired) electrons. The highest BCUT2D eigenvalue weighted by atomic mass is 16.6. The second-order valence-corrected chi connectivity index (χ2v) is 9.00. The molecule has 6 heteroatoms. The molecule has 0 fully saturated rings. The van der Waals surface area contributed by atoms with Crippen molar-refractivity contribution in [3.8, 4) is 11.1 Å². The zero-order chi connectivity index (χ0) is 24.8. The van der Waals surface area contributed by atoms with Crippen LogP contribution in [0, 0.1) is 0 Å². The fourth-order valence-corrected chi connectivity index (χ4v) is 4.79. The molecule has 1 amide bonds. The summed E-state index contributed by atoms with van der Waals surface area (Å²) in [5.41, 5.74) is 11.7. The Kier molecular flexibility index (Phi) is 7.70. The van der Waals surface area contributed by atoms with E-state index in [9.17, 15) is 14.7 Å². The summed E-state index contributed by atoms with van der Waals surface area (Å²) in [5, 5.41) is 10.0. The Morgan fingerprint density at radius 3 is 2.11 bits per heavy atom. The van der Waals surface area contributed by atoms with Crippen LogP contribution in [0.25, 0.3) is 11.1 Å². The summed E-state index contributed by atoms with van der Waals surface area (Å²) < 4.78 is 5.82. The quantitative estimate of drug-likeness (QED) is 0.291. The molecule has 0 spiro atoms. The van der Waals surface area contributed by atoms with Crippen LogP contribution in [0.15, 0.2) is 72.8 Å². The van der Waals surface area contributed by atoms with Crippen LogP contribution in [0.2, 0.25) is 0 Å². The SMILES string of the molecule is CCCCCN(C(=O)OCC1c2ccccc2-c2ccccc21)C(Cc1ccc(N)cc1)C(=O)O. The summed E-state index contributed by atoms with van der Waals surface area (Å²) >= 11 is 0. The molecule has 1 aliphatic rings. The maximum atomic E-state index is 13.3. The number of hydrogen-bond acceptors (Lipinski definition) is 4. The van der Waals surface area contributed by atoms with Crippen LogP contribution >= 0.6 is 0 Å². The Balaban J connectivity index is 1.53. The predicted molar refractivity (Wildman–Crippen MR) is 137 cm³/mol. The van der Waals surface area contributed by atoms with Crippen molar-refractivity contribution in [2.75, 3.05) is 18.9 Å². The number of carboxylic acids is 1. The van der Waals surface area contributed by atoms with Crippen LogP contribution in [-0.4, -0.2) is 41.3 Å². The number of hydrogen-bond donors (Lipinski definition) is 2. The minimum Gasteiger partial charge on any atom is -0.480 e. The van der Waals surface area contributed by atoms with E-state index < -0.39 is 18.1 Å². The highest BCUT2D eigenvalue weighted by Gasteiger charge is 2.33. The van der Waals surface area contributed by atoms with Gasteiger partial charge < -0.3 is 15.6 Å². The van der Waals surface area contributed by atoms with Gasteiger partial charge in [0.05, 0.1) is 0 Å². The zero-order valence-corrected chi connectivity index (χ0v) is 20.0. The van der Waals surface area contributed by atoms with E-state index in [-0.39, 0.29) is 18.9 Å². The van der Waals surface area contributed by atoms with Gasteiger partial charge in [-0.05, 0) is 46.4 Å². The molecule has 0 aliphatic heterocycles. The Morgan fingerprint density at radius 1 is 0.943 bits per heavy atom. The maximum absolute atomic E-state index is 13.3. The molecule has 1 unspecified atom stereocenters. The molecule has 0 bridgehead atoms. The van der Waals surface area contributed by atoms with E-state index in [2.05, 4.69) is 31.2 Å². The molecule has 1 aliphatic carbocycles. The molecule has 3 N–H and O–H groups in total. The molecule has 3 aromatic rings. The number of aliphatic carboxylic acids is 1. The fraction of sp³-hybridized carbons (Fsp3) is 0.310. The second-order valence-electron chi connectivity index (χ2n) is 9.00. The third-order valence-electron chi connectivity index (χ3n) is 6.64. The van der Waals surface area contributed by atoms with E-state index in [1.807, 2.05) is 24.3 Å². The van der Waals surface area contributed by atoms with Crippen LogP contribution < -0.4 is 5.73 Å². The van der Waals surface area contributed by atoms with Crippen molar-refractivity contribution in [3.05, 3.63) is 89.5 Å². The first-order valence-electron chi connectivity index (χ1n) is 12.2. The highest BCUT2D eigenvalue weighted by molar-refractivity contribution is 5.81. The number of anilines is 1. The molecule has 0 saturated carbocycles. The standard InChI is InChI=1S/C29H32N2O4/c1-2-3-8-17-31(27(28(32)33)18-20-13-15-21(30)16-14-20)29(34)35-19-26-24-11-6-4-9-22(24)23-10-5-7-12-25(23)26/h4-7,9-16,26-27H,2-3,8,17-19,30H2,1H3,(H,32,33). The summed E-state index contributed by atoms with van der Waals surface area (Å²) in [5.74, 6) is -1.13. The number of amides is 1. The molecule has 1 atom stereocenters. The van der Waals surface area contributed by atoms with E-state index in [4.69, 9.17) is 10.5 Å². The van der Waals surface area contributed by atoms with E-state index in [1.54, 1.807) is 24.3 Å². The van der Waals surface area contributed by atoms with E-state index in [0.717, 1.165) is 40.7 Å². The predicted octanol–water partition coefficient (Wildman–Crippen LogP) is 5.71. The molecule has 35 heavy (non-hydrogen) atoms. The van der Waals surface area contributed by atoms with Gasteiger partial charge in [0.1, 0.15) is 12.6 Å². The zero-order valence-electron chi connectivity index (χ0n) is 20.0. The Bertz CT molecular complexity index is 1130. The monoisotopic (exact) mass is 472 g/mol. The Morgan fingerprint density at radius 2 is 1.54 bits per heavy atom. The molecule has 3 aromatic carbocycles. The minimum absolute atomic E-state index is 0.0794. The number of nitrogens with two attached hydrogens (primary N) is 1. The molecule has 0 heterocycles. The van der Waals surface area contributed by atoms with Gasteiger partial charge in [0, 0.05) is 24.6 Å². The van der Waals surface area contributed by atoms with E-state index in [1.165, 1.54) is 4.90 Å². The topological polar surface area (TPSA) is 92.9 Å². The number of unbranched alkanes of at least 4 members (excludes halogenated alkanes) is 2. The summed E-state index contributed by atoms with van der Waals surface area (Å²) in [6.45, 7) is 2.56. The fourth-order valence-electron chi connectivity index (χ4n) is 4.79. The average molecular weight is 473 g/mol. The first-order valence-corrected chi connectivity index (χ1v) is 12.2. The van der Waals surface area contributed by atoms with Gasteiger partial charge in [0.15, 0.2) is 0 Å². The lowest BCUT2D eigenvalue weighted by atomic mass is 9.98. The summed E-state index contributed by atoms with van der Waals surface area (Å²) in [7, 11) is 0. The van der Waals surface area contributed by atoms with Gasteiger partial charge in [-0.25, -0.2) is 9.59 Å². The lowest BCUT2D eigenvalue weighted by molar-refractivity contribution is -0.142. The van der Waals surface area contributed by atoms with Crippen LogP contribution in [0.1, 0.15) is 48.8 Å². The number of carbonyl (C=O) groups is 2. The van der Waals surface area contributed by atoms with Crippen molar-refractivity contribution in [1.82, 2.24) is 4.90 Å². The smallest absolute Gasteiger partial charge is 0.410 e. The third kappa shape index (κ3) is 5.48. The van der Waals surface area contributed by atoms with Gasteiger partial charge in [-0.15, -0.1) is 0 Å². The third-order valence-corrected chi connectivity index (χ3v) is 6.64. The number of fused-ring (bicyclic) bond motifs is 3. The van der Waals surface area contributed by atoms with Gasteiger partial charge in [-0.1, -0.05) is 80.4 Å². The van der Waals surface area contributed by atoms with Crippen molar-refractivity contribution in [2.24, 2.45) is 0 Å². The molecular weight excluding hydrogens is 440 g/mol. The molecule has 0 aromatic heterocycles. The van der Waals surface area contributed by atoms with Crippen LogP contribution in [0.5, 0.6) is 0 Å². The van der Waals surface area contributed by atoms with Crippen molar-refractivity contribution >= 4 is 17.7 Å². The van der Waals surface area contributed by atoms with Gasteiger partial charge in [0.25, 0.3) is 0 Å². The number of benzene rings is 3. The number of ether oxygens (including phenoxy) is 1. The number of carboxylic acid groups (broad SMARTS) is 1. The van der Waals surface area contributed by atoms with Gasteiger partial charge >= 0.3 is 12.1 Å². The molecule has 182 valence electrons. The number of nitrogens with zero attached hydrogens (tertiary/aromatic N) is 1. The largest absolute Gasteiger partial charge is 0.480 e. The van der Waals surface area contributed by atoms with Crippen molar-refractivity contribution in [3.63, 3.8) is 0 Å². The lowest BCUT2D eigenvalue weighted by Crippen LogP contribution is -2.47. The van der Waals surface area contributed by atoms with Gasteiger partial charge in [0.2, 0.25) is 0 Å². The highest BCUT2D eigenvalue weighted by Crippen LogP contribution is 2.44. The van der Waals surface area contributed by atoms with E-state index >= 15 is 0 Å². The minimum atomic E-state index is -1.05. The molecular formula is C29H32N2O4. The number of nitrogen functional groups attached to an aromatic ring is 1. The van der Waals surface area contributed by atoms with Crippen LogP contribution in [0.3, 0.4) is 0 Å². The first kappa shape index (κ1) is 24.3. The molecule has 4 rings (SSSR count). The van der Waals surface area contributed by atoms with E-state index in [0.29, 0.717) is 18.7 Å². The summed E-state index contributed by atoms with van der Waals surface area (Å²) in [6, 6.07) is 22.3. The number of rotatable bonds is 10. The average Bonchev–Trinajstić information content (AvgIpc) is 3.19. The van der Waals surface area contributed by atoms with Crippen molar-refractivity contribution in [1.29, 1.82) is 0 Å². The second kappa shape index (κ2) is 11.1. The van der Waals surface area contributed by atoms with Gasteiger partial charge in [-0.2, -0.15) is 0 Å². The lowest BCUT2D eigenvalue weighted by Gasteiger charge is -2.29. The Hall–Kier alpha value is -3.80. The normalized spacial score (nSPS) is 13.1. The van der Waals surface area contributed by atoms with Crippen LogP contribution in [0.4, 0.5) is 10.5 Å². The van der Waals surface area contributed by atoms with Crippen molar-refractivity contribution < 1.29 is 19.4 Å². The summed E-state index contributed by atoms with van der Waals surface area (Å²) in [4.78, 5) is 27.0. The van der Waals surface area contributed by atoms with Gasteiger partial charge in [-0.3, -0.25) is 4.90 Å².